The number of imidazole rings is 1. The number of benzene rings is 1. The lowest BCUT2D eigenvalue weighted by molar-refractivity contribution is -0.114. The number of hydrogen-bond acceptors (Lipinski definition) is 3. The van der Waals surface area contributed by atoms with Crippen LogP contribution in [0.1, 0.15) is 16.2 Å². The first-order valence-electron chi connectivity index (χ1n) is 5.70. The average molecular weight is 276 g/mol. The molecule has 0 N–H and O–H groups in total. The third kappa shape index (κ3) is 1.74. The van der Waals surface area contributed by atoms with Gasteiger partial charge in [0.1, 0.15) is 5.82 Å². The molecule has 0 fully saturated rings. The van der Waals surface area contributed by atoms with Gasteiger partial charge in [-0.25, -0.2) is 4.98 Å². The topological polar surface area (TPSA) is 55.2 Å². The van der Waals surface area contributed by atoms with Crippen LogP contribution in [0.3, 0.4) is 0 Å². The molecule has 6 heteroatoms. The number of fused-ring (bicyclic) bond motifs is 1. The minimum Gasteiger partial charge on any atom is -0.337 e. The molecule has 0 bridgehead atoms. The van der Waals surface area contributed by atoms with Crippen molar-refractivity contribution in [2.45, 2.75) is 6.54 Å². The van der Waals surface area contributed by atoms with E-state index in [-0.39, 0.29) is 12.1 Å². The fourth-order valence-electron chi connectivity index (χ4n) is 2.15. The molecule has 0 atom stereocenters. The number of aromatic nitrogens is 2. The molecule has 0 saturated heterocycles. The molecule has 3 rings (SSSR count). The zero-order valence-corrected chi connectivity index (χ0v) is 10.9. The highest BCUT2D eigenvalue weighted by Gasteiger charge is 2.37. The molecule has 0 unspecified atom stereocenters. The van der Waals surface area contributed by atoms with Gasteiger partial charge in [0.05, 0.1) is 22.8 Å². The molecule has 1 aliphatic heterocycles. The van der Waals surface area contributed by atoms with E-state index in [2.05, 4.69) is 4.98 Å². The van der Waals surface area contributed by atoms with Crippen LogP contribution in [0.15, 0.2) is 30.6 Å². The van der Waals surface area contributed by atoms with Gasteiger partial charge in [-0.2, -0.15) is 0 Å². The Labute approximate surface area is 114 Å². The Morgan fingerprint density at radius 1 is 1.32 bits per heavy atom. The van der Waals surface area contributed by atoms with Crippen LogP contribution in [0.5, 0.6) is 0 Å². The second-order valence-corrected chi connectivity index (χ2v) is 4.72. The van der Waals surface area contributed by atoms with Crippen LogP contribution in [0, 0.1) is 0 Å². The Morgan fingerprint density at radius 2 is 2.11 bits per heavy atom. The summed E-state index contributed by atoms with van der Waals surface area (Å²) in [6.07, 6.45) is 3.44. The van der Waals surface area contributed by atoms with E-state index in [1.54, 1.807) is 35.2 Å². The standard InChI is InChI=1S/C13H10ClN3O2/c1-16-6-5-15-10(16)7-17-9-4-2-3-8(14)11(9)12(18)13(17)19/h2-6H,7H2,1H3. The van der Waals surface area contributed by atoms with E-state index >= 15 is 0 Å². The summed E-state index contributed by atoms with van der Waals surface area (Å²) in [7, 11) is 1.84. The van der Waals surface area contributed by atoms with E-state index in [4.69, 9.17) is 11.6 Å². The Kier molecular flexibility index (Phi) is 2.64. The maximum Gasteiger partial charge on any atom is 0.299 e. The Bertz CT molecular complexity index is 693. The first-order chi connectivity index (χ1) is 9.09. The summed E-state index contributed by atoms with van der Waals surface area (Å²) in [6.45, 7) is 0.251. The highest BCUT2D eigenvalue weighted by molar-refractivity contribution is 6.55. The zero-order valence-electron chi connectivity index (χ0n) is 10.1. The number of rotatable bonds is 2. The molecule has 1 amide bonds. The summed E-state index contributed by atoms with van der Waals surface area (Å²) in [5.74, 6) is -0.421. The number of ketones is 1. The quantitative estimate of drug-likeness (QED) is 0.786. The number of carbonyl (C=O) groups excluding carboxylic acids is 2. The van der Waals surface area contributed by atoms with E-state index in [9.17, 15) is 9.59 Å². The molecule has 2 heterocycles. The Balaban J connectivity index is 2.05. The number of amides is 1. The average Bonchev–Trinajstić information content (AvgIpc) is 2.89. The lowest BCUT2D eigenvalue weighted by Crippen LogP contribution is -2.30. The van der Waals surface area contributed by atoms with Crippen molar-refractivity contribution in [2.24, 2.45) is 7.05 Å². The SMILES string of the molecule is Cn1ccnc1CN1C(=O)C(=O)c2c(Cl)cccc21. The molecule has 5 nitrogen and oxygen atoms in total. The van der Waals surface area contributed by atoms with Crippen LogP contribution < -0.4 is 4.90 Å². The fourth-order valence-corrected chi connectivity index (χ4v) is 2.40. The maximum atomic E-state index is 12.0. The summed E-state index contributed by atoms with van der Waals surface area (Å²) in [5.41, 5.74) is 0.828. The summed E-state index contributed by atoms with van der Waals surface area (Å²) in [6, 6.07) is 5.04. The van der Waals surface area contributed by atoms with Crippen LogP contribution in [-0.4, -0.2) is 21.2 Å². The second-order valence-electron chi connectivity index (χ2n) is 4.31. The Hall–Kier alpha value is -2.14. The van der Waals surface area contributed by atoms with Crippen molar-refractivity contribution in [3.63, 3.8) is 0 Å². The number of hydrogen-bond donors (Lipinski definition) is 0. The van der Waals surface area contributed by atoms with Crippen molar-refractivity contribution in [1.29, 1.82) is 0 Å². The van der Waals surface area contributed by atoms with Gasteiger partial charge in [-0.3, -0.25) is 14.5 Å². The maximum absolute atomic E-state index is 12.0. The molecule has 0 spiro atoms. The van der Waals surface area contributed by atoms with Gasteiger partial charge in [-0.1, -0.05) is 17.7 Å². The predicted octanol–water partition coefficient (Wildman–Crippen LogP) is 1.80. The van der Waals surface area contributed by atoms with Crippen LogP contribution in [0.4, 0.5) is 5.69 Å². The van der Waals surface area contributed by atoms with E-state index in [1.165, 1.54) is 4.90 Å². The van der Waals surface area contributed by atoms with Gasteiger partial charge >= 0.3 is 0 Å². The molecular formula is C13H10ClN3O2. The number of nitrogens with zero attached hydrogens (tertiary/aromatic N) is 3. The zero-order chi connectivity index (χ0) is 13.6. The number of carbonyl (C=O) groups is 2. The largest absolute Gasteiger partial charge is 0.337 e. The molecule has 1 aliphatic rings. The third-order valence-corrected chi connectivity index (χ3v) is 3.48. The van der Waals surface area contributed by atoms with Gasteiger partial charge in [0, 0.05) is 19.4 Å². The van der Waals surface area contributed by atoms with E-state index < -0.39 is 11.7 Å². The minimum absolute atomic E-state index is 0.251. The highest BCUT2D eigenvalue weighted by Crippen LogP contribution is 2.34. The number of anilines is 1. The third-order valence-electron chi connectivity index (χ3n) is 3.17. The monoisotopic (exact) mass is 275 g/mol. The molecule has 1 aromatic heterocycles. The molecule has 0 aliphatic carbocycles. The smallest absolute Gasteiger partial charge is 0.299 e. The van der Waals surface area contributed by atoms with Crippen molar-refractivity contribution in [2.75, 3.05) is 4.90 Å². The normalized spacial score (nSPS) is 14.1. The van der Waals surface area contributed by atoms with Crippen LogP contribution in [0.2, 0.25) is 5.02 Å². The summed E-state index contributed by atoms with van der Waals surface area (Å²) >= 11 is 5.99. The van der Waals surface area contributed by atoms with Crippen molar-refractivity contribution >= 4 is 29.0 Å². The Morgan fingerprint density at radius 3 is 2.79 bits per heavy atom. The summed E-state index contributed by atoms with van der Waals surface area (Å²) in [5, 5.41) is 0.304. The first kappa shape index (κ1) is 11.9. The van der Waals surface area contributed by atoms with Crippen LogP contribution >= 0.6 is 11.6 Å². The second kappa shape index (κ2) is 4.20. The molecule has 96 valence electrons. The van der Waals surface area contributed by atoms with Gasteiger partial charge in [0.2, 0.25) is 0 Å². The molecule has 0 radical (unpaired) electrons. The van der Waals surface area contributed by atoms with Crippen molar-refractivity contribution in [1.82, 2.24) is 9.55 Å². The van der Waals surface area contributed by atoms with Gasteiger partial charge < -0.3 is 4.57 Å². The lowest BCUT2D eigenvalue weighted by Gasteiger charge is -2.16. The van der Waals surface area contributed by atoms with Gasteiger partial charge in [-0.05, 0) is 12.1 Å². The minimum atomic E-state index is -0.564. The van der Waals surface area contributed by atoms with E-state index in [0.29, 0.717) is 16.5 Å². The first-order valence-corrected chi connectivity index (χ1v) is 6.08. The van der Waals surface area contributed by atoms with Crippen molar-refractivity contribution in [3.8, 4) is 0 Å². The van der Waals surface area contributed by atoms with Crippen molar-refractivity contribution in [3.05, 3.63) is 47.0 Å². The van der Waals surface area contributed by atoms with Gasteiger partial charge in [0.25, 0.3) is 11.7 Å². The molecule has 2 aromatic rings. The fraction of sp³-hybridized carbons (Fsp3) is 0.154. The van der Waals surface area contributed by atoms with E-state index in [0.717, 1.165) is 0 Å². The van der Waals surface area contributed by atoms with Crippen LogP contribution in [-0.2, 0) is 18.4 Å². The van der Waals surface area contributed by atoms with Crippen LogP contribution in [0.25, 0.3) is 0 Å². The number of Topliss-reactive ketones (excluding diaryl/α,β-unsaturated/α-hetero) is 1. The highest BCUT2D eigenvalue weighted by atomic mass is 35.5. The number of halogens is 1. The molecule has 1 aromatic carbocycles. The summed E-state index contributed by atoms with van der Waals surface area (Å²) < 4.78 is 1.81. The summed E-state index contributed by atoms with van der Waals surface area (Å²) in [4.78, 5) is 29.5. The molecule has 19 heavy (non-hydrogen) atoms. The van der Waals surface area contributed by atoms with Crippen molar-refractivity contribution < 1.29 is 9.59 Å². The number of aryl methyl sites for hydroxylation is 1. The van der Waals surface area contributed by atoms with Gasteiger partial charge in [-0.15, -0.1) is 0 Å². The van der Waals surface area contributed by atoms with Gasteiger partial charge in [0.15, 0.2) is 0 Å². The molecule has 0 saturated carbocycles. The predicted molar refractivity (Wildman–Crippen MR) is 70.2 cm³/mol. The van der Waals surface area contributed by atoms with E-state index in [1.807, 2.05) is 7.05 Å². The lowest BCUT2D eigenvalue weighted by atomic mass is 10.1. The molecular weight excluding hydrogens is 266 g/mol.